The van der Waals surface area contributed by atoms with Gasteiger partial charge in [0.1, 0.15) is 0 Å². The highest BCUT2D eigenvalue weighted by molar-refractivity contribution is 14.0. The van der Waals surface area contributed by atoms with Crippen LogP contribution in [0.3, 0.4) is 0 Å². The molecule has 0 bridgehead atoms. The number of halogens is 2. The molecule has 0 aliphatic carbocycles. The second kappa shape index (κ2) is 10.1. The first-order valence-electron chi connectivity index (χ1n) is 9.08. The summed E-state index contributed by atoms with van der Waals surface area (Å²) >= 11 is 6.07. The van der Waals surface area contributed by atoms with Crippen LogP contribution >= 0.6 is 35.6 Å². The van der Waals surface area contributed by atoms with Gasteiger partial charge in [0, 0.05) is 51.5 Å². The van der Waals surface area contributed by atoms with Gasteiger partial charge in [-0.05, 0) is 37.6 Å². The van der Waals surface area contributed by atoms with E-state index in [0.717, 1.165) is 39.4 Å². The van der Waals surface area contributed by atoms with Gasteiger partial charge in [-0.15, -0.1) is 24.0 Å². The monoisotopic (exact) mass is 527 g/mol. The molecule has 1 N–H and O–H groups in total. The molecule has 0 saturated carbocycles. The number of rotatable bonds is 5. The van der Waals surface area contributed by atoms with Crippen LogP contribution in [0.2, 0.25) is 5.02 Å². The van der Waals surface area contributed by atoms with Gasteiger partial charge in [-0.25, -0.2) is 9.67 Å². The van der Waals surface area contributed by atoms with Crippen molar-refractivity contribution < 1.29 is 0 Å². The minimum absolute atomic E-state index is 0. The Morgan fingerprint density at radius 3 is 2.55 bits per heavy atom. The van der Waals surface area contributed by atoms with Crippen LogP contribution in [-0.4, -0.2) is 44.3 Å². The average Bonchev–Trinajstić information content (AvgIpc) is 3.16. The lowest BCUT2D eigenvalue weighted by molar-refractivity contribution is 0.461. The first-order valence-corrected chi connectivity index (χ1v) is 9.46. The molecular formula is C20H27ClIN7. The Balaban J connectivity index is 0.00000300. The fourth-order valence-corrected chi connectivity index (χ4v) is 3.39. The second-order valence-electron chi connectivity index (χ2n) is 6.88. The summed E-state index contributed by atoms with van der Waals surface area (Å²) in [7, 11) is 5.77. The molecule has 0 radical (unpaired) electrons. The zero-order chi connectivity index (χ0) is 20.3. The van der Waals surface area contributed by atoms with Gasteiger partial charge >= 0.3 is 0 Å². The van der Waals surface area contributed by atoms with Crippen LogP contribution < -0.4 is 5.32 Å². The summed E-state index contributed by atoms with van der Waals surface area (Å²) in [6.07, 6.45) is 3.76. The summed E-state index contributed by atoms with van der Waals surface area (Å²) in [5.41, 5.74) is 4.24. The number of nitrogens with one attached hydrogen (secondary N) is 1. The highest BCUT2D eigenvalue weighted by atomic mass is 127. The first kappa shape index (κ1) is 23.2. The molecule has 0 amide bonds. The van der Waals surface area contributed by atoms with Crippen molar-refractivity contribution in [2.24, 2.45) is 12.0 Å². The van der Waals surface area contributed by atoms with Crippen molar-refractivity contribution in [1.29, 1.82) is 0 Å². The van der Waals surface area contributed by atoms with E-state index in [-0.39, 0.29) is 24.0 Å². The normalized spacial score (nSPS) is 11.3. The number of hydrogen-bond acceptors (Lipinski definition) is 3. The number of aliphatic imine (C=N–C) groups is 1. The Labute approximate surface area is 193 Å². The third-order valence-corrected chi connectivity index (χ3v) is 4.74. The van der Waals surface area contributed by atoms with Gasteiger partial charge in [-0.1, -0.05) is 17.7 Å². The van der Waals surface area contributed by atoms with E-state index in [0.29, 0.717) is 13.1 Å². The number of aryl methyl sites for hydroxylation is 3. The summed E-state index contributed by atoms with van der Waals surface area (Å²) in [5, 5.41) is 8.59. The van der Waals surface area contributed by atoms with Crippen LogP contribution in [0, 0.1) is 13.8 Å². The van der Waals surface area contributed by atoms with Crippen molar-refractivity contribution in [3.63, 3.8) is 0 Å². The van der Waals surface area contributed by atoms with E-state index in [1.807, 2.05) is 67.8 Å². The van der Waals surface area contributed by atoms with Crippen LogP contribution in [0.1, 0.15) is 22.6 Å². The SMILES string of the molecule is CN=C(NCc1ccc(-n2nc(C)cc2C)nc1)N(C)Cc1cc(Cl)cn1C.I. The molecule has 156 valence electrons. The van der Waals surface area contributed by atoms with Crippen LogP contribution in [0.5, 0.6) is 0 Å². The van der Waals surface area contributed by atoms with E-state index in [2.05, 4.69) is 31.4 Å². The number of aromatic nitrogens is 4. The number of hydrogen-bond donors (Lipinski definition) is 1. The van der Waals surface area contributed by atoms with Crippen molar-refractivity contribution in [1.82, 2.24) is 29.5 Å². The van der Waals surface area contributed by atoms with Crippen molar-refractivity contribution in [2.75, 3.05) is 14.1 Å². The van der Waals surface area contributed by atoms with Gasteiger partial charge in [0.05, 0.1) is 17.3 Å². The molecule has 0 saturated heterocycles. The quantitative estimate of drug-likeness (QED) is 0.312. The summed E-state index contributed by atoms with van der Waals surface area (Å²) in [5.74, 6) is 1.62. The molecule has 3 rings (SSSR count). The summed E-state index contributed by atoms with van der Waals surface area (Å²) in [4.78, 5) is 11.0. The standard InChI is InChI=1S/C20H26ClN7.HI/c1-14-8-15(2)28(25-14)19-7-6-16(10-23-19)11-24-20(22-3)27(5)13-18-9-17(21)12-26(18)4;/h6-10,12H,11,13H2,1-5H3,(H,22,24);1H. The molecule has 9 heteroatoms. The molecule has 0 aliphatic rings. The molecule has 0 atom stereocenters. The molecule has 29 heavy (non-hydrogen) atoms. The largest absolute Gasteiger partial charge is 0.352 e. The van der Waals surface area contributed by atoms with Crippen LogP contribution in [0.4, 0.5) is 0 Å². The molecule has 0 fully saturated rings. The van der Waals surface area contributed by atoms with Crippen molar-refractivity contribution >= 4 is 41.5 Å². The molecule has 3 aromatic heterocycles. The first-order chi connectivity index (χ1) is 13.4. The third-order valence-electron chi connectivity index (χ3n) is 4.53. The minimum Gasteiger partial charge on any atom is -0.352 e. The molecule has 0 unspecified atom stereocenters. The lowest BCUT2D eigenvalue weighted by Gasteiger charge is -2.22. The second-order valence-corrected chi connectivity index (χ2v) is 7.32. The Morgan fingerprint density at radius 2 is 2.03 bits per heavy atom. The zero-order valence-electron chi connectivity index (χ0n) is 17.3. The molecule has 7 nitrogen and oxygen atoms in total. The molecular weight excluding hydrogens is 501 g/mol. The van der Waals surface area contributed by atoms with Gasteiger partial charge in [-0.2, -0.15) is 5.10 Å². The Kier molecular flexibility index (Phi) is 8.09. The van der Waals surface area contributed by atoms with Crippen LogP contribution in [-0.2, 0) is 20.1 Å². The molecule has 3 heterocycles. The molecule has 0 spiro atoms. The predicted octanol–water partition coefficient (Wildman–Crippen LogP) is 3.70. The Bertz CT molecular complexity index is 975. The third kappa shape index (κ3) is 5.72. The Morgan fingerprint density at radius 1 is 1.28 bits per heavy atom. The molecule has 0 aromatic carbocycles. The summed E-state index contributed by atoms with van der Waals surface area (Å²) in [6.45, 7) is 5.34. The predicted molar refractivity (Wildman–Crippen MR) is 128 cm³/mol. The van der Waals surface area contributed by atoms with E-state index in [1.54, 1.807) is 7.05 Å². The maximum atomic E-state index is 6.07. The smallest absolute Gasteiger partial charge is 0.194 e. The van der Waals surface area contributed by atoms with Crippen molar-refractivity contribution in [2.45, 2.75) is 26.9 Å². The van der Waals surface area contributed by atoms with E-state index in [9.17, 15) is 0 Å². The minimum atomic E-state index is 0. The van der Waals surface area contributed by atoms with E-state index < -0.39 is 0 Å². The van der Waals surface area contributed by atoms with Crippen molar-refractivity contribution in [3.05, 3.63) is 64.3 Å². The fourth-order valence-electron chi connectivity index (χ4n) is 3.11. The number of nitrogens with zero attached hydrogens (tertiary/aromatic N) is 6. The topological polar surface area (TPSA) is 63.3 Å². The van der Waals surface area contributed by atoms with Crippen LogP contribution in [0.15, 0.2) is 41.7 Å². The van der Waals surface area contributed by atoms with Gasteiger partial charge in [-0.3, -0.25) is 4.99 Å². The maximum Gasteiger partial charge on any atom is 0.194 e. The van der Waals surface area contributed by atoms with Gasteiger partial charge in [0.25, 0.3) is 0 Å². The van der Waals surface area contributed by atoms with Crippen molar-refractivity contribution in [3.8, 4) is 5.82 Å². The van der Waals surface area contributed by atoms with Gasteiger partial charge in [0.2, 0.25) is 0 Å². The lowest BCUT2D eigenvalue weighted by Crippen LogP contribution is -2.38. The summed E-state index contributed by atoms with van der Waals surface area (Å²) in [6, 6.07) is 8.04. The maximum absolute atomic E-state index is 6.07. The Hall–Kier alpha value is -2.07. The average molecular weight is 528 g/mol. The fraction of sp³-hybridized carbons (Fsp3) is 0.350. The highest BCUT2D eigenvalue weighted by Gasteiger charge is 2.10. The number of pyridine rings is 1. The van der Waals surface area contributed by atoms with E-state index in [4.69, 9.17) is 11.6 Å². The van der Waals surface area contributed by atoms with E-state index in [1.165, 1.54) is 0 Å². The zero-order valence-corrected chi connectivity index (χ0v) is 20.4. The number of guanidine groups is 1. The van der Waals surface area contributed by atoms with Gasteiger partial charge < -0.3 is 14.8 Å². The lowest BCUT2D eigenvalue weighted by atomic mass is 10.3. The summed E-state index contributed by atoms with van der Waals surface area (Å²) < 4.78 is 3.87. The molecule has 0 aliphatic heterocycles. The molecule has 3 aromatic rings. The van der Waals surface area contributed by atoms with Crippen LogP contribution in [0.25, 0.3) is 5.82 Å². The highest BCUT2D eigenvalue weighted by Crippen LogP contribution is 2.14. The van der Waals surface area contributed by atoms with Gasteiger partial charge in [0.15, 0.2) is 11.8 Å². The van der Waals surface area contributed by atoms with E-state index >= 15 is 0 Å².